The number of furan rings is 1. The van der Waals surface area contributed by atoms with Gasteiger partial charge in [-0.25, -0.2) is 4.68 Å². The van der Waals surface area contributed by atoms with E-state index in [1.54, 1.807) is 18.3 Å². The second-order valence-corrected chi connectivity index (χ2v) is 6.77. The van der Waals surface area contributed by atoms with Crippen molar-refractivity contribution in [3.05, 3.63) is 82.3 Å². The van der Waals surface area contributed by atoms with Gasteiger partial charge in [0.1, 0.15) is 11.3 Å². The Morgan fingerprint density at radius 2 is 1.85 bits per heavy atom. The molecule has 2 heterocycles. The van der Waals surface area contributed by atoms with E-state index in [4.69, 9.17) is 4.42 Å². The summed E-state index contributed by atoms with van der Waals surface area (Å²) in [6.07, 6.45) is 1.57. The first-order valence-corrected chi connectivity index (χ1v) is 8.72. The Labute approximate surface area is 157 Å². The summed E-state index contributed by atoms with van der Waals surface area (Å²) in [5.41, 5.74) is 1.72. The zero-order chi connectivity index (χ0) is 18.3. The van der Waals surface area contributed by atoms with Crippen molar-refractivity contribution in [1.29, 1.82) is 0 Å². The standard InChI is InChI=1S/C20H13BrN2O3/c1-12(24)19-16(11-23(22-19)15-5-3-2-4-6-15)20(25)18-10-13-9-14(21)7-8-17(13)26-18/h2-11H,1H3. The molecule has 5 nitrogen and oxygen atoms in total. The molecule has 0 spiro atoms. The molecule has 0 aliphatic rings. The number of nitrogens with zero attached hydrogens (tertiary/aromatic N) is 2. The molecule has 0 saturated heterocycles. The normalized spacial score (nSPS) is 11.0. The van der Waals surface area contributed by atoms with E-state index in [1.807, 2.05) is 42.5 Å². The monoisotopic (exact) mass is 408 g/mol. The number of para-hydroxylation sites is 1. The fraction of sp³-hybridized carbons (Fsp3) is 0.0500. The zero-order valence-electron chi connectivity index (χ0n) is 13.8. The van der Waals surface area contributed by atoms with Crippen molar-refractivity contribution < 1.29 is 14.0 Å². The summed E-state index contributed by atoms with van der Waals surface area (Å²) in [4.78, 5) is 25.0. The number of aromatic nitrogens is 2. The fourth-order valence-electron chi connectivity index (χ4n) is 2.77. The van der Waals surface area contributed by atoms with Crippen molar-refractivity contribution in [2.75, 3.05) is 0 Å². The molecule has 0 unspecified atom stereocenters. The summed E-state index contributed by atoms with van der Waals surface area (Å²) in [7, 11) is 0. The lowest BCUT2D eigenvalue weighted by molar-refractivity contribution is 0.0978. The van der Waals surface area contributed by atoms with E-state index in [9.17, 15) is 9.59 Å². The van der Waals surface area contributed by atoms with Crippen LogP contribution in [-0.4, -0.2) is 21.3 Å². The number of benzene rings is 2. The van der Waals surface area contributed by atoms with Crippen LogP contribution < -0.4 is 0 Å². The zero-order valence-corrected chi connectivity index (χ0v) is 15.4. The lowest BCUT2D eigenvalue weighted by atomic mass is 10.1. The molecule has 2 aromatic heterocycles. The van der Waals surface area contributed by atoms with Gasteiger partial charge in [-0.3, -0.25) is 9.59 Å². The van der Waals surface area contributed by atoms with Crippen molar-refractivity contribution in [3.63, 3.8) is 0 Å². The second-order valence-electron chi connectivity index (χ2n) is 5.85. The van der Waals surface area contributed by atoms with Gasteiger partial charge in [0.2, 0.25) is 5.78 Å². The molecule has 0 atom stereocenters. The van der Waals surface area contributed by atoms with Gasteiger partial charge in [0.25, 0.3) is 0 Å². The highest BCUT2D eigenvalue weighted by molar-refractivity contribution is 9.10. The maximum Gasteiger partial charge on any atom is 0.232 e. The Morgan fingerprint density at radius 3 is 2.58 bits per heavy atom. The SMILES string of the molecule is CC(=O)c1nn(-c2ccccc2)cc1C(=O)c1cc2cc(Br)ccc2o1. The van der Waals surface area contributed by atoms with Crippen LogP contribution in [0, 0.1) is 0 Å². The van der Waals surface area contributed by atoms with Gasteiger partial charge in [-0.05, 0) is 36.4 Å². The molecule has 4 rings (SSSR count). The van der Waals surface area contributed by atoms with Crippen LogP contribution in [0.1, 0.15) is 33.5 Å². The van der Waals surface area contributed by atoms with Gasteiger partial charge in [0.05, 0.1) is 11.3 Å². The van der Waals surface area contributed by atoms with Gasteiger partial charge < -0.3 is 4.42 Å². The van der Waals surface area contributed by atoms with Gasteiger partial charge >= 0.3 is 0 Å². The number of Topliss-reactive ketones (excluding diaryl/α,β-unsaturated/α-hetero) is 1. The van der Waals surface area contributed by atoms with Crippen molar-refractivity contribution in [2.24, 2.45) is 0 Å². The third kappa shape index (κ3) is 2.88. The van der Waals surface area contributed by atoms with Crippen LogP contribution in [0.4, 0.5) is 0 Å². The predicted octanol–water partition coefficient (Wildman–Crippen LogP) is 4.81. The number of hydrogen-bond acceptors (Lipinski definition) is 4. The van der Waals surface area contributed by atoms with Crippen LogP contribution in [-0.2, 0) is 0 Å². The molecule has 6 heteroatoms. The van der Waals surface area contributed by atoms with Crippen LogP contribution in [0.5, 0.6) is 0 Å². The lowest BCUT2D eigenvalue weighted by Gasteiger charge is -1.98. The third-order valence-electron chi connectivity index (χ3n) is 4.02. The van der Waals surface area contributed by atoms with Crippen LogP contribution in [0.25, 0.3) is 16.7 Å². The van der Waals surface area contributed by atoms with E-state index in [0.29, 0.717) is 5.58 Å². The van der Waals surface area contributed by atoms with Crippen molar-refractivity contribution in [3.8, 4) is 5.69 Å². The molecule has 0 radical (unpaired) electrons. The third-order valence-corrected chi connectivity index (χ3v) is 4.51. The van der Waals surface area contributed by atoms with Gasteiger partial charge in [-0.2, -0.15) is 5.10 Å². The Balaban J connectivity index is 1.81. The van der Waals surface area contributed by atoms with Gasteiger partial charge in [-0.15, -0.1) is 0 Å². The van der Waals surface area contributed by atoms with E-state index in [-0.39, 0.29) is 28.6 Å². The molecule has 0 saturated carbocycles. The quantitative estimate of drug-likeness (QED) is 0.454. The number of carbonyl (C=O) groups is 2. The number of hydrogen-bond donors (Lipinski definition) is 0. The number of rotatable bonds is 4. The van der Waals surface area contributed by atoms with E-state index in [2.05, 4.69) is 21.0 Å². The average Bonchev–Trinajstić information content (AvgIpc) is 3.26. The van der Waals surface area contributed by atoms with Gasteiger partial charge in [0, 0.05) is 23.0 Å². The van der Waals surface area contributed by atoms with Crippen molar-refractivity contribution in [1.82, 2.24) is 9.78 Å². The smallest absolute Gasteiger partial charge is 0.232 e. The maximum atomic E-state index is 13.0. The van der Waals surface area contributed by atoms with Gasteiger partial charge in [-0.1, -0.05) is 34.1 Å². The Bertz CT molecular complexity index is 1140. The van der Waals surface area contributed by atoms with E-state index >= 15 is 0 Å². The summed E-state index contributed by atoms with van der Waals surface area (Å²) in [5.74, 6) is -0.472. The largest absolute Gasteiger partial charge is 0.453 e. The molecule has 0 fully saturated rings. The Kier molecular flexibility index (Phi) is 4.05. The molecule has 2 aromatic carbocycles. The minimum Gasteiger partial charge on any atom is -0.453 e. The molecule has 0 bridgehead atoms. The molecule has 0 N–H and O–H groups in total. The predicted molar refractivity (Wildman–Crippen MR) is 101 cm³/mol. The minimum absolute atomic E-state index is 0.125. The highest BCUT2D eigenvalue weighted by Crippen LogP contribution is 2.26. The van der Waals surface area contributed by atoms with Crippen LogP contribution >= 0.6 is 15.9 Å². The van der Waals surface area contributed by atoms with E-state index in [0.717, 1.165) is 15.5 Å². The van der Waals surface area contributed by atoms with Crippen molar-refractivity contribution in [2.45, 2.75) is 6.92 Å². The maximum absolute atomic E-state index is 13.0. The summed E-state index contributed by atoms with van der Waals surface area (Å²) < 4.78 is 8.10. The van der Waals surface area contributed by atoms with Crippen LogP contribution in [0.3, 0.4) is 0 Å². The molecule has 0 amide bonds. The Hall–Kier alpha value is -2.99. The van der Waals surface area contributed by atoms with Crippen molar-refractivity contribution >= 4 is 38.5 Å². The molecule has 26 heavy (non-hydrogen) atoms. The topological polar surface area (TPSA) is 65.1 Å². The minimum atomic E-state index is -0.371. The number of ketones is 2. The lowest BCUT2D eigenvalue weighted by Crippen LogP contribution is -2.05. The second kappa shape index (κ2) is 6.38. The molecular weight excluding hydrogens is 396 g/mol. The van der Waals surface area contributed by atoms with Crippen LogP contribution in [0.15, 0.2) is 69.7 Å². The highest BCUT2D eigenvalue weighted by Gasteiger charge is 2.24. The molecule has 0 aliphatic carbocycles. The molecule has 128 valence electrons. The summed E-state index contributed by atoms with van der Waals surface area (Å²) in [5, 5.41) is 5.10. The number of halogens is 1. The van der Waals surface area contributed by atoms with Gasteiger partial charge in [0.15, 0.2) is 11.5 Å². The first-order chi connectivity index (χ1) is 12.5. The summed E-state index contributed by atoms with van der Waals surface area (Å²) >= 11 is 3.40. The average molecular weight is 409 g/mol. The fourth-order valence-corrected chi connectivity index (χ4v) is 3.15. The first kappa shape index (κ1) is 16.5. The highest BCUT2D eigenvalue weighted by atomic mass is 79.9. The Morgan fingerprint density at radius 1 is 1.08 bits per heavy atom. The molecular formula is C20H13BrN2O3. The molecule has 4 aromatic rings. The first-order valence-electron chi connectivity index (χ1n) is 7.93. The summed E-state index contributed by atoms with van der Waals surface area (Å²) in [6, 6.07) is 16.5. The van der Waals surface area contributed by atoms with Crippen LogP contribution in [0.2, 0.25) is 0 Å². The molecule has 0 aliphatic heterocycles. The van der Waals surface area contributed by atoms with E-state index < -0.39 is 0 Å². The number of carbonyl (C=O) groups excluding carboxylic acids is 2. The van der Waals surface area contributed by atoms with E-state index in [1.165, 1.54) is 11.6 Å². The summed E-state index contributed by atoms with van der Waals surface area (Å²) in [6.45, 7) is 1.39. The number of fused-ring (bicyclic) bond motifs is 1.